The second-order valence-electron chi connectivity index (χ2n) is 5.61. The molecule has 1 heterocycles. The molecule has 1 aliphatic rings. The van der Waals surface area contributed by atoms with Crippen molar-refractivity contribution >= 4 is 0 Å². The van der Waals surface area contributed by atoms with Crippen LogP contribution in [0.25, 0.3) is 0 Å². The molecule has 0 saturated heterocycles. The Morgan fingerprint density at radius 1 is 1.37 bits per heavy atom. The lowest BCUT2D eigenvalue weighted by Crippen LogP contribution is -2.28. The maximum absolute atomic E-state index is 6.03. The molecule has 0 saturated carbocycles. The summed E-state index contributed by atoms with van der Waals surface area (Å²) >= 11 is 0. The fourth-order valence-corrected chi connectivity index (χ4v) is 2.42. The van der Waals surface area contributed by atoms with Crippen molar-refractivity contribution in [2.75, 3.05) is 0 Å². The van der Waals surface area contributed by atoms with E-state index in [2.05, 4.69) is 48.3 Å². The van der Waals surface area contributed by atoms with Gasteiger partial charge in [-0.1, -0.05) is 43.3 Å². The van der Waals surface area contributed by atoms with Crippen LogP contribution in [0.5, 0.6) is 0 Å². The van der Waals surface area contributed by atoms with E-state index in [0.717, 1.165) is 12.2 Å². The molecule has 1 aromatic carbocycles. The third kappa shape index (κ3) is 2.28. The Labute approximate surface area is 113 Å². The molecular weight excluding hydrogens is 238 g/mol. The molecule has 2 aromatic rings. The minimum atomic E-state index is 0.0713. The van der Waals surface area contributed by atoms with Crippen LogP contribution < -0.4 is 5.73 Å². The Balaban J connectivity index is 1.73. The first-order valence-corrected chi connectivity index (χ1v) is 6.81. The molecule has 2 atom stereocenters. The second kappa shape index (κ2) is 4.78. The van der Waals surface area contributed by atoms with E-state index in [1.807, 2.05) is 0 Å². The largest absolute Gasteiger partial charge is 0.339 e. The summed E-state index contributed by atoms with van der Waals surface area (Å²) in [5.74, 6) is 2.16. The highest BCUT2D eigenvalue weighted by molar-refractivity contribution is 5.43. The quantitative estimate of drug-likeness (QED) is 0.912. The highest BCUT2D eigenvalue weighted by Crippen LogP contribution is 2.38. The summed E-state index contributed by atoms with van der Waals surface area (Å²) in [5.41, 5.74) is 8.74. The van der Waals surface area contributed by atoms with Gasteiger partial charge in [0.1, 0.15) is 0 Å². The Morgan fingerprint density at radius 2 is 2.16 bits per heavy atom. The predicted molar refractivity (Wildman–Crippen MR) is 72.8 cm³/mol. The molecule has 0 radical (unpaired) electrons. The summed E-state index contributed by atoms with van der Waals surface area (Å²) in [7, 11) is 0. The molecule has 2 unspecified atom stereocenters. The van der Waals surface area contributed by atoms with Gasteiger partial charge in [-0.25, -0.2) is 0 Å². The zero-order chi connectivity index (χ0) is 13.4. The molecule has 0 fully saturated rings. The summed E-state index contributed by atoms with van der Waals surface area (Å²) in [6.45, 7) is 4.20. The number of rotatable bonds is 4. The second-order valence-corrected chi connectivity index (χ2v) is 5.61. The molecule has 2 N–H and O–H groups in total. The fourth-order valence-electron chi connectivity index (χ4n) is 2.42. The van der Waals surface area contributed by atoms with Crippen LogP contribution in [0.4, 0.5) is 0 Å². The molecule has 0 spiro atoms. The number of aromatic nitrogens is 2. The Kier molecular flexibility index (Phi) is 3.11. The lowest BCUT2D eigenvalue weighted by atomic mass is 9.77. The standard InChI is InChI=1S/C15H19N3O/c1-9(2)13(16)8-14-17-15(18-19-14)12-7-10-5-3-4-6-11(10)12/h3-6,9,12-13H,7-8,16H2,1-2H3. The van der Waals surface area contributed by atoms with Gasteiger partial charge >= 0.3 is 0 Å². The fraction of sp³-hybridized carbons (Fsp3) is 0.467. The number of benzene rings is 1. The number of hydrogen-bond donors (Lipinski definition) is 1. The maximum Gasteiger partial charge on any atom is 0.228 e. The Hall–Kier alpha value is -1.68. The summed E-state index contributed by atoms with van der Waals surface area (Å²) in [6.07, 6.45) is 1.66. The van der Waals surface area contributed by atoms with Gasteiger partial charge in [0, 0.05) is 12.5 Å². The van der Waals surface area contributed by atoms with Crippen LogP contribution in [0.15, 0.2) is 28.8 Å². The topological polar surface area (TPSA) is 64.9 Å². The van der Waals surface area contributed by atoms with Crippen molar-refractivity contribution in [1.82, 2.24) is 10.1 Å². The molecule has 1 aromatic heterocycles. The molecular formula is C15H19N3O. The lowest BCUT2D eigenvalue weighted by Gasteiger charge is -2.27. The van der Waals surface area contributed by atoms with Crippen LogP contribution in [0.1, 0.15) is 42.6 Å². The van der Waals surface area contributed by atoms with Gasteiger partial charge < -0.3 is 10.3 Å². The molecule has 0 aliphatic heterocycles. The van der Waals surface area contributed by atoms with E-state index in [-0.39, 0.29) is 6.04 Å². The summed E-state index contributed by atoms with van der Waals surface area (Å²) in [6, 6.07) is 8.49. The number of hydrogen-bond acceptors (Lipinski definition) is 4. The van der Waals surface area contributed by atoms with Gasteiger partial charge in [-0.05, 0) is 23.5 Å². The number of fused-ring (bicyclic) bond motifs is 1. The first kappa shape index (κ1) is 12.4. The predicted octanol–water partition coefficient (Wildman–Crippen LogP) is 2.28. The number of nitrogens with zero attached hydrogens (tertiary/aromatic N) is 2. The van der Waals surface area contributed by atoms with Crippen LogP contribution in [-0.4, -0.2) is 16.2 Å². The highest BCUT2D eigenvalue weighted by Gasteiger charge is 2.31. The maximum atomic E-state index is 6.03. The van der Waals surface area contributed by atoms with Crippen LogP contribution in [0.3, 0.4) is 0 Å². The summed E-state index contributed by atoms with van der Waals surface area (Å²) < 4.78 is 5.32. The van der Waals surface area contributed by atoms with Crippen molar-refractivity contribution in [1.29, 1.82) is 0 Å². The first-order chi connectivity index (χ1) is 9.15. The van der Waals surface area contributed by atoms with Crippen LogP contribution in [0, 0.1) is 5.92 Å². The SMILES string of the molecule is CC(C)C(N)Cc1nc(C2Cc3ccccc32)no1. The molecule has 0 amide bonds. The Bertz CT molecular complexity index is 576. The van der Waals surface area contributed by atoms with Gasteiger partial charge in [0.05, 0.1) is 5.92 Å². The van der Waals surface area contributed by atoms with Crippen LogP contribution >= 0.6 is 0 Å². The zero-order valence-electron chi connectivity index (χ0n) is 11.3. The van der Waals surface area contributed by atoms with E-state index < -0.39 is 0 Å². The average Bonchev–Trinajstić information content (AvgIpc) is 2.79. The van der Waals surface area contributed by atoms with Gasteiger partial charge in [0.2, 0.25) is 5.89 Å². The van der Waals surface area contributed by atoms with Crippen LogP contribution in [0.2, 0.25) is 0 Å². The zero-order valence-corrected chi connectivity index (χ0v) is 11.3. The normalized spacial score (nSPS) is 19.1. The van der Waals surface area contributed by atoms with E-state index in [1.54, 1.807) is 0 Å². The molecule has 4 nitrogen and oxygen atoms in total. The van der Waals surface area contributed by atoms with Crippen molar-refractivity contribution in [2.45, 2.75) is 38.6 Å². The third-order valence-electron chi connectivity index (χ3n) is 3.92. The molecule has 100 valence electrons. The molecule has 19 heavy (non-hydrogen) atoms. The van der Waals surface area contributed by atoms with E-state index in [4.69, 9.17) is 10.3 Å². The van der Waals surface area contributed by atoms with Crippen molar-refractivity contribution in [3.05, 3.63) is 47.1 Å². The smallest absolute Gasteiger partial charge is 0.228 e. The molecule has 0 bridgehead atoms. The highest BCUT2D eigenvalue weighted by atomic mass is 16.5. The lowest BCUT2D eigenvalue weighted by molar-refractivity contribution is 0.347. The van der Waals surface area contributed by atoms with Gasteiger partial charge in [-0.15, -0.1) is 0 Å². The van der Waals surface area contributed by atoms with Crippen molar-refractivity contribution in [3.63, 3.8) is 0 Å². The number of nitrogens with two attached hydrogens (primary N) is 1. The third-order valence-corrected chi connectivity index (χ3v) is 3.92. The first-order valence-electron chi connectivity index (χ1n) is 6.81. The minimum absolute atomic E-state index is 0.0713. The van der Waals surface area contributed by atoms with Crippen molar-refractivity contribution in [2.24, 2.45) is 11.7 Å². The monoisotopic (exact) mass is 257 g/mol. The average molecular weight is 257 g/mol. The molecule has 3 rings (SSSR count). The van der Waals surface area contributed by atoms with Gasteiger partial charge in [-0.2, -0.15) is 4.98 Å². The van der Waals surface area contributed by atoms with E-state index in [1.165, 1.54) is 11.1 Å². The Morgan fingerprint density at radius 3 is 2.89 bits per heavy atom. The summed E-state index contributed by atoms with van der Waals surface area (Å²) in [4.78, 5) is 4.50. The molecule has 4 heteroatoms. The van der Waals surface area contributed by atoms with Crippen molar-refractivity contribution < 1.29 is 4.52 Å². The van der Waals surface area contributed by atoms with E-state index >= 15 is 0 Å². The van der Waals surface area contributed by atoms with Gasteiger partial charge in [-0.3, -0.25) is 0 Å². The van der Waals surface area contributed by atoms with E-state index in [9.17, 15) is 0 Å². The van der Waals surface area contributed by atoms with Crippen molar-refractivity contribution in [3.8, 4) is 0 Å². The van der Waals surface area contributed by atoms with Gasteiger partial charge in [0.15, 0.2) is 5.82 Å². The van der Waals surface area contributed by atoms with Crippen LogP contribution in [-0.2, 0) is 12.8 Å². The summed E-state index contributed by atoms with van der Waals surface area (Å²) in [5, 5.41) is 4.11. The minimum Gasteiger partial charge on any atom is -0.339 e. The van der Waals surface area contributed by atoms with E-state index in [0.29, 0.717) is 24.1 Å². The molecule has 1 aliphatic carbocycles. The van der Waals surface area contributed by atoms with Gasteiger partial charge in [0.25, 0.3) is 0 Å².